The highest BCUT2D eigenvalue weighted by molar-refractivity contribution is 6.42. The molecule has 108 valence electrons. The van der Waals surface area contributed by atoms with Crippen molar-refractivity contribution < 1.29 is 9.53 Å². The number of rotatable bonds is 2. The first-order valence-corrected chi connectivity index (χ1v) is 6.87. The highest BCUT2D eigenvalue weighted by Gasteiger charge is 2.35. The van der Waals surface area contributed by atoms with Gasteiger partial charge in [0.2, 0.25) is 5.88 Å². The molecule has 4 nitrogen and oxygen atoms in total. The van der Waals surface area contributed by atoms with E-state index in [0.717, 1.165) is 0 Å². The maximum Gasteiger partial charge on any atom is 0.205 e. The molecule has 0 fully saturated rings. The lowest BCUT2D eigenvalue weighted by Gasteiger charge is -2.27. The van der Waals surface area contributed by atoms with Crippen molar-refractivity contribution in [3.05, 3.63) is 56.6 Å². The van der Waals surface area contributed by atoms with Gasteiger partial charge < -0.3 is 10.5 Å². The average molecular weight is 323 g/mol. The maximum atomic E-state index is 12.0. The number of benzene rings is 1. The number of nitrogens with zero attached hydrogens (tertiary/aromatic N) is 1. The molecular formula is C15H12Cl2N2O2. The van der Waals surface area contributed by atoms with Crippen LogP contribution in [0.3, 0.4) is 0 Å². The third-order valence-corrected chi connectivity index (χ3v) is 4.11. The van der Waals surface area contributed by atoms with E-state index in [0.29, 0.717) is 21.9 Å². The number of nitrogens with two attached hydrogens (primary N) is 1. The third kappa shape index (κ3) is 2.63. The average Bonchev–Trinajstić information content (AvgIpc) is 2.40. The van der Waals surface area contributed by atoms with Crippen molar-refractivity contribution in [2.45, 2.75) is 19.8 Å². The Bertz CT molecular complexity index is 730. The van der Waals surface area contributed by atoms with Crippen LogP contribution in [0.5, 0.6) is 0 Å². The zero-order valence-electron chi connectivity index (χ0n) is 11.4. The van der Waals surface area contributed by atoms with Gasteiger partial charge in [-0.15, -0.1) is 0 Å². The van der Waals surface area contributed by atoms with Gasteiger partial charge >= 0.3 is 0 Å². The second kappa shape index (κ2) is 5.80. The molecule has 0 amide bonds. The molecule has 0 aliphatic carbocycles. The van der Waals surface area contributed by atoms with Gasteiger partial charge in [-0.3, -0.25) is 4.79 Å². The fourth-order valence-electron chi connectivity index (χ4n) is 2.39. The number of hydrogen-bond donors (Lipinski definition) is 1. The largest absolute Gasteiger partial charge is 0.445 e. The van der Waals surface area contributed by atoms with Gasteiger partial charge in [-0.1, -0.05) is 35.3 Å². The van der Waals surface area contributed by atoms with Crippen LogP contribution in [0.25, 0.3) is 0 Å². The van der Waals surface area contributed by atoms with Crippen molar-refractivity contribution in [2.24, 2.45) is 5.73 Å². The fraction of sp³-hybridized carbons (Fsp3) is 0.200. The predicted molar refractivity (Wildman–Crippen MR) is 80.5 cm³/mol. The van der Waals surface area contributed by atoms with Gasteiger partial charge in [0.25, 0.3) is 0 Å². The second-order valence-electron chi connectivity index (χ2n) is 4.59. The van der Waals surface area contributed by atoms with Gasteiger partial charge in [0.1, 0.15) is 17.4 Å². The highest BCUT2D eigenvalue weighted by atomic mass is 35.5. The molecule has 0 aromatic heterocycles. The summed E-state index contributed by atoms with van der Waals surface area (Å²) in [5.74, 6) is -0.553. The summed E-state index contributed by atoms with van der Waals surface area (Å²) in [6, 6.07) is 7.05. The topological polar surface area (TPSA) is 76.1 Å². The molecule has 1 aliphatic rings. The van der Waals surface area contributed by atoms with E-state index in [-0.39, 0.29) is 22.3 Å². The van der Waals surface area contributed by atoms with Crippen LogP contribution in [0.1, 0.15) is 25.3 Å². The van der Waals surface area contributed by atoms with Crippen molar-refractivity contribution in [1.82, 2.24) is 0 Å². The van der Waals surface area contributed by atoms with Gasteiger partial charge in [0.15, 0.2) is 5.78 Å². The molecule has 6 heteroatoms. The first kappa shape index (κ1) is 15.4. The van der Waals surface area contributed by atoms with E-state index in [9.17, 15) is 10.1 Å². The number of Topliss-reactive ketones (excluding diaryl/α,β-unsaturated/α-hetero) is 1. The summed E-state index contributed by atoms with van der Waals surface area (Å²) in [6.07, 6.45) is 0. The van der Waals surface area contributed by atoms with Crippen LogP contribution >= 0.6 is 23.2 Å². The van der Waals surface area contributed by atoms with E-state index in [1.54, 1.807) is 25.1 Å². The van der Waals surface area contributed by atoms with Crippen LogP contribution in [-0.4, -0.2) is 5.78 Å². The van der Waals surface area contributed by atoms with Crippen molar-refractivity contribution >= 4 is 29.0 Å². The van der Waals surface area contributed by atoms with Gasteiger partial charge in [-0.2, -0.15) is 5.26 Å². The molecule has 1 atom stereocenters. The number of ketones is 1. The molecule has 2 N–H and O–H groups in total. The number of halogens is 2. The van der Waals surface area contributed by atoms with E-state index in [2.05, 4.69) is 0 Å². The van der Waals surface area contributed by atoms with E-state index in [1.807, 2.05) is 6.07 Å². The molecule has 1 aromatic carbocycles. The summed E-state index contributed by atoms with van der Waals surface area (Å²) in [4.78, 5) is 12.0. The molecule has 2 rings (SSSR count). The smallest absolute Gasteiger partial charge is 0.205 e. The van der Waals surface area contributed by atoms with E-state index >= 15 is 0 Å². The molecule has 0 spiro atoms. The minimum atomic E-state index is -0.674. The Morgan fingerprint density at radius 2 is 2.10 bits per heavy atom. The lowest BCUT2D eigenvalue weighted by molar-refractivity contribution is -0.114. The molecule has 1 unspecified atom stereocenters. The van der Waals surface area contributed by atoms with Crippen LogP contribution in [0.15, 0.2) is 41.0 Å². The molecule has 0 saturated heterocycles. The monoisotopic (exact) mass is 322 g/mol. The van der Waals surface area contributed by atoms with Crippen LogP contribution < -0.4 is 5.73 Å². The molecule has 1 aliphatic heterocycles. The molecule has 0 radical (unpaired) electrons. The minimum absolute atomic E-state index is 0.0268. The third-order valence-electron chi connectivity index (χ3n) is 3.28. The first-order chi connectivity index (χ1) is 9.88. The Balaban J connectivity index is 2.75. The van der Waals surface area contributed by atoms with Crippen LogP contribution in [0.2, 0.25) is 10.0 Å². The summed E-state index contributed by atoms with van der Waals surface area (Å²) in [5.41, 5.74) is 6.82. The Hall–Kier alpha value is -1.96. The predicted octanol–water partition coefficient (Wildman–Crippen LogP) is 3.66. The zero-order chi connectivity index (χ0) is 15.7. The zero-order valence-corrected chi connectivity index (χ0v) is 12.9. The highest BCUT2D eigenvalue weighted by Crippen LogP contribution is 2.43. The second-order valence-corrected chi connectivity index (χ2v) is 5.38. The van der Waals surface area contributed by atoms with Gasteiger partial charge in [-0.25, -0.2) is 0 Å². The maximum absolute atomic E-state index is 12.0. The van der Waals surface area contributed by atoms with Crippen molar-refractivity contribution in [2.75, 3.05) is 0 Å². The molecule has 21 heavy (non-hydrogen) atoms. The molecule has 0 bridgehead atoms. The van der Waals surface area contributed by atoms with Crippen LogP contribution in [0, 0.1) is 11.3 Å². The van der Waals surface area contributed by atoms with E-state index in [1.165, 1.54) is 6.92 Å². The quantitative estimate of drug-likeness (QED) is 0.901. The number of ether oxygens (including phenoxy) is 1. The van der Waals surface area contributed by atoms with Crippen molar-refractivity contribution in [3.8, 4) is 6.07 Å². The number of carbonyl (C=O) groups is 1. The number of nitriles is 1. The van der Waals surface area contributed by atoms with Crippen molar-refractivity contribution in [3.63, 3.8) is 0 Å². The van der Waals surface area contributed by atoms with E-state index < -0.39 is 5.92 Å². The lowest BCUT2D eigenvalue weighted by Crippen LogP contribution is -2.23. The fourth-order valence-corrected chi connectivity index (χ4v) is 2.81. The normalized spacial score (nSPS) is 18.3. The Morgan fingerprint density at radius 1 is 1.43 bits per heavy atom. The Morgan fingerprint density at radius 3 is 2.67 bits per heavy atom. The molecular weight excluding hydrogens is 311 g/mol. The molecule has 1 aromatic rings. The van der Waals surface area contributed by atoms with Crippen molar-refractivity contribution in [1.29, 1.82) is 5.26 Å². The molecule has 0 saturated carbocycles. The Labute approximate surface area is 132 Å². The number of carbonyl (C=O) groups excluding carboxylic acids is 1. The standard InChI is InChI=1S/C15H12Cl2N2O2/c1-7(20)12-8(2)21-15(19)10(6-18)13(12)9-4-3-5-11(16)14(9)17/h3-5,13H,19H2,1-2H3. The Kier molecular flexibility index (Phi) is 4.26. The lowest BCUT2D eigenvalue weighted by atomic mass is 9.81. The summed E-state index contributed by atoms with van der Waals surface area (Å²) in [5, 5.41) is 10.00. The summed E-state index contributed by atoms with van der Waals surface area (Å²) >= 11 is 12.3. The van der Waals surface area contributed by atoms with E-state index in [4.69, 9.17) is 33.7 Å². The van der Waals surface area contributed by atoms with Crippen LogP contribution in [-0.2, 0) is 9.53 Å². The number of hydrogen-bond acceptors (Lipinski definition) is 4. The SMILES string of the molecule is CC(=O)C1=C(C)OC(N)=C(C#N)C1c1cccc(Cl)c1Cl. The summed E-state index contributed by atoms with van der Waals surface area (Å²) < 4.78 is 5.30. The van der Waals surface area contributed by atoms with Gasteiger partial charge in [0, 0.05) is 5.57 Å². The number of allylic oxidation sites excluding steroid dienone is 3. The minimum Gasteiger partial charge on any atom is -0.445 e. The first-order valence-electron chi connectivity index (χ1n) is 6.11. The van der Waals surface area contributed by atoms with Gasteiger partial charge in [0.05, 0.1) is 16.0 Å². The summed E-state index contributed by atoms with van der Waals surface area (Å²) in [7, 11) is 0. The van der Waals surface area contributed by atoms with Gasteiger partial charge in [-0.05, 0) is 25.5 Å². The summed E-state index contributed by atoms with van der Waals surface area (Å²) in [6.45, 7) is 3.04. The van der Waals surface area contributed by atoms with Crippen LogP contribution in [0.4, 0.5) is 0 Å². The molecule has 1 heterocycles.